The second-order valence-electron chi connectivity index (χ2n) is 8.32. The number of anilines is 2. The average molecular weight is 506 g/mol. The van der Waals surface area contributed by atoms with Gasteiger partial charge in [0.05, 0.1) is 11.4 Å². The number of rotatable bonds is 7. The van der Waals surface area contributed by atoms with Gasteiger partial charge in [-0.25, -0.2) is 23.3 Å². The zero-order chi connectivity index (χ0) is 25.0. The van der Waals surface area contributed by atoms with Gasteiger partial charge in [-0.2, -0.15) is 0 Å². The summed E-state index contributed by atoms with van der Waals surface area (Å²) in [6.07, 6.45) is 0.0144. The smallest absolute Gasteiger partial charge is 0.419 e. The molecule has 1 atom stereocenters. The third kappa shape index (κ3) is 6.61. The van der Waals surface area contributed by atoms with Crippen LogP contribution in [0.3, 0.4) is 0 Å². The molecule has 3 aromatic rings. The number of benzene rings is 3. The minimum atomic E-state index is -1.36. The molecule has 0 spiro atoms. The van der Waals surface area contributed by atoms with Gasteiger partial charge in [0.25, 0.3) is 0 Å². The Kier molecular flexibility index (Phi) is 9.08. The Balaban J connectivity index is 0.00000361. The molecule has 2 N–H and O–H groups in total. The van der Waals surface area contributed by atoms with Gasteiger partial charge in [0.15, 0.2) is 6.61 Å². The van der Waals surface area contributed by atoms with Crippen LogP contribution in [0.25, 0.3) is 0 Å². The van der Waals surface area contributed by atoms with Crippen molar-refractivity contribution in [1.82, 2.24) is 0 Å². The topological polar surface area (TPSA) is 96.3 Å². The summed E-state index contributed by atoms with van der Waals surface area (Å²) in [5.41, 5.74) is 0.842. The number of carboxylic acids is 1. The van der Waals surface area contributed by atoms with Crippen LogP contribution in [0, 0.1) is 11.6 Å². The fourth-order valence-electron chi connectivity index (χ4n) is 4.06. The van der Waals surface area contributed by atoms with Crippen molar-refractivity contribution in [2.45, 2.75) is 24.9 Å². The summed E-state index contributed by atoms with van der Waals surface area (Å²) >= 11 is 0. The minimum Gasteiger partial charge on any atom is -0.482 e. The second kappa shape index (κ2) is 11.8. The van der Waals surface area contributed by atoms with Gasteiger partial charge in [0, 0.05) is 36.0 Å². The Morgan fingerprint density at radius 1 is 0.944 bits per heavy atom. The average Bonchev–Trinajstić information content (AvgIpc) is 2.84. The molecule has 7 nitrogen and oxygen atoms in total. The summed E-state index contributed by atoms with van der Waals surface area (Å²) in [4.78, 5) is 25.1. The van der Waals surface area contributed by atoms with Crippen molar-refractivity contribution in [3.63, 3.8) is 0 Å². The first kappa shape index (κ1) is 27.6. The van der Waals surface area contributed by atoms with E-state index in [1.54, 1.807) is 18.2 Å². The molecular formula is C26H23F2NNaO6. The molecule has 10 heteroatoms. The Bertz CT molecular complexity index is 1180. The van der Waals surface area contributed by atoms with Crippen LogP contribution in [-0.4, -0.2) is 70.6 Å². The van der Waals surface area contributed by atoms with Crippen LogP contribution in [0.1, 0.15) is 17.5 Å². The third-order valence-corrected chi connectivity index (χ3v) is 5.76. The standard InChI is InChI=1S/C26H23F2NO6.Na/c27-18-4-8-20(9-5-18)29(21-10-6-19(28)7-11-21)25(32)35-16-26(33)13-12-22-17(14-26)2-1-3-23(22)34-15-24(30)31;/h1-11,33H,12-16H2,(H,30,31);/t26-;/m1./s1. The summed E-state index contributed by atoms with van der Waals surface area (Å²) in [6, 6.07) is 15.5. The molecule has 3 aromatic carbocycles. The van der Waals surface area contributed by atoms with Gasteiger partial charge in [0.1, 0.15) is 29.6 Å². The maximum Gasteiger partial charge on any atom is 0.419 e. The van der Waals surface area contributed by atoms with Gasteiger partial charge in [-0.1, -0.05) is 12.1 Å². The van der Waals surface area contributed by atoms with E-state index < -0.39 is 35.9 Å². The van der Waals surface area contributed by atoms with Crippen molar-refractivity contribution >= 4 is 53.0 Å². The van der Waals surface area contributed by atoms with E-state index in [1.165, 1.54) is 48.5 Å². The van der Waals surface area contributed by atoms with Crippen molar-refractivity contribution in [3.8, 4) is 5.75 Å². The first-order valence-electron chi connectivity index (χ1n) is 10.9. The fourth-order valence-corrected chi connectivity index (χ4v) is 4.06. The van der Waals surface area contributed by atoms with Crippen molar-refractivity contribution in [2.75, 3.05) is 18.1 Å². The van der Waals surface area contributed by atoms with Gasteiger partial charge in [-0.15, -0.1) is 0 Å². The van der Waals surface area contributed by atoms with E-state index in [-0.39, 0.29) is 49.0 Å². The van der Waals surface area contributed by atoms with Gasteiger partial charge in [-0.05, 0) is 78.6 Å². The molecule has 0 bridgehead atoms. The molecule has 0 saturated carbocycles. The van der Waals surface area contributed by atoms with E-state index in [4.69, 9.17) is 14.6 Å². The van der Waals surface area contributed by atoms with Gasteiger partial charge >= 0.3 is 12.1 Å². The number of fused-ring (bicyclic) bond motifs is 1. The molecule has 0 fully saturated rings. The Morgan fingerprint density at radius 2 is 1.53 bits per heavy atom. The number of carboxylic acid groups (broad SMARTS) is 1. The Hall–Kier alpha value is -2.98. The molecule has 4 rings (SSSR count). The molecule has 0 saturated heterocycles. The first-order valence-corrected chi connectivity index (χ1v) is 10.9. The maximum atomic E-state index is 13.4. The van der Waals surface area contributed by atoms with Gasteiger partial charge in [-0.3, -0.25) is 0 Å². The van der Waals surface area contributed by atoms with E-state index in [0.29, 0.717) is 23.5 Å². The second-order valence-corrected chi connectivity index (χ2v) is 8.32. The molecule has 0 unspecified atom stereocenters. The Morgan fingerprint density at radius 3 is 2.08 bits per heavy atom. The van der Waals surface area contributed by atoms with Crippen LogP contribution in [0.2, 0.25) is 0 Å². The molecule has 0 heterocycles. The van der Waals surface area contributed by atoms with E-state index >= 15 is 0 Å². The van der Waals surface area contributed by atoms with E-state index in [0.717, 1.165) is 16.0 Å². The number of hydrogen-bond donors (Lipinski definition) is 2. The number of amides is 1. The molecule has 1 aliphatic rings. The van der Waals surface area contributed by atoms with Crippen molar-refractivity contribution in [3.05, 3.63) is 89.5 Å². The predicted molar refractivity (Wildman–Crippen MR) is 129 cm³/mol. The number of ether oxygens (including phenoxy) is 2. The van der Waals surface area contributed by atoms with Crippen LogP contribution in [0.5, 0.6) is 5.75 Å². The number of aliphatic hydroxyl groups is 1. The molecule has 0 aromatic heterocycles. The summed E-state index contributed by atoms with van der Waals surface area (Å²) < 4.78 is 37.7. The number of aliphatic carboxylic acids is 1. The predicted octanol–water partition coefficient (Wildman–Crippen LogP) is 4.24. The SMILES string of the molecule is O=C(O)COc1cccc2c1CC[C@](O)(COC(=O)N(c1ccc(F)cc1)c1ccc(F)cc1)C2.[Na]. The minimum absolute atomic E-state index is 0. The molecule has 0 aliphatic heterocycles. The summed E-state index contributed by atoms with van der Waals surface area (Å²) in [7, 11) is 0. The van der Waals surface area contributed by atoms with Gasteiger partial charge in [0.2, 0.25) is 0 Å². The maximum absolute atomic E-state index is 13.4. The molecule has 1 radical (unpaired) electrons. The number of hydrogen-bond acceptors (Lipinski definition) is 5. The molecule has 183 valence electrons. The van der Waals surface area contributed by atoms with E-state index in [2.05, 4.69) is 0 Å². The van der Waals surface area contributed by atoms with Crippen molar-refractivity contribution in [2.24, 2.45) is 0 Å². The quantitative estimate of drug-likeness (QED) is 0.466. The van der Waals surface area contributed by atoms with E-state index in [9.17, 15) is 23.5 Å². The number of carbonyl (C=O) groups is 2. The Labute approximate surface area is 228 Å². The van der Waals surface area contributed by atoms with Crippen LogP contribution in [0.15, 0.2) is 66.7 Å². The van der Waals surface area contributed by atoms with E-state index in [1.807, 2.05) is 0 Å². The van der Waals surface area contributed by atoms with Crippen LogP contribution < -0.4 is 9.64 Å². The molecule has 1 amide bonds. The normalized spacial score (nSPS) is 16.3. The summed E-state index contributed by atoms with van der Waals surface area (Å²) in [5.74, 6) is -1.61. The molecule has 1 aliphatic carbocycles. The fraction of sp³-hybridized carbons (Fsp3) is 0.231. The van der Waals surface area contributed by atoms with Gasteiger partial charge < -0.3 is 19.7 Å². The van der Waals surface area contributed by atoms with Crippen LogP contribution in [0.4, 0.5) is 25.0 Å². The molecule has 36 heavy (non-hydrogen) atoms. The zero-order valence-electron chi connectivity index (χ0n) is 19.6. The van der Waals surface area contributed by atoms with Crippen LogP contribution >= 0.6 is 0 Å². The first-order chi connectivity index (χ1) is 16.7. The number of nitrogens with zero attached hydrogens (tertiary/aromatic N) is 1. The van der Waals surface area contributed by atoms with Crippen molar-refractivity contribution < 1.29 is 38.1 Å². The third-order valence-electron chi connectivity index (χ3n) is 5.76. The van der Waals surface area contributed by atoms with Crippen LogP contribution in [-0.2, 0) is 22.4 Å². The monoisotopic (exact) mass is 506 g/mol. The van der Waals surface area contributed by atoms with Crippen molar-refractivity contribution in [1.29, 1.82) is 0 Å². The molecular weight excluding hydrogens is 483 g/mol. The number of carbonyl (C=O) groups excluding carboxylic acids is 1. The number of halogens is 2. The largest absolute Gasteiger partial charge is 0.482 e. The summed E-state index contributed by atoms with van der Waals surface area (Å²) in [6.45, 7) is -0.786. The zero-order valence-corrected chi connectivity index (χ0v) is 21.6. The summed E-state index contributed by atoms with van der Waals surface area (Å²) in [5, 5.41) is 20.0.